The Balaban J connectivity index is 2.38. The summed E-state index contributed by atoms with van der Waals surface area (Å²) in [7, 11) is 1.68. The Morgan fingerprint density at radius 1 is 1.16 bits per heavy atom. The third-order valence-electron chi connectivity index (χ3n) is 3.05. The largest absolute Gasteiger partial charge is 0.380 e. The highest BCUT2D eigenvalue weighted by Crippen LogP contribution is 2.21. The molecular weight excluding hydrogens is 240 g/mol. The van der Waals surface area contributed by atoms with Crippen LogP contribution in [0.2, 0.25) is 0 Å². The van der Waals surface area contributed by atoms with Gasteiger partial charge in [0.2, 0.25) is 0 Å². The number of aryl methyl sites for hydroxylation is 1. The summed E-state index contributed by atoms with van der Waals surface area (Å²) in [5, 5.41) is 0. The monoisotopic (exact) mass is 258 g/mol. The van der Waals surface area contributed by atoms with Gasteiger partial charge in [-0.1, -0.05) is 24.3 Å². The van der Waals surface area contributed by atoms with Crippen molar-refractivity contribution in [2.24, 2.45) is 5.84 Å². The number of ether oxygens (including phenoxy) is 1. The number of rotatable bonds is 4. The minimum absolute atomic E-state index is 0.601. The van der Waals surface area contributed by atoms with Crippen LogP contribution in [0.15, 0.2) is 24.3 Å². The van der Waals surface area contributed by atoms with Crippen LogP contribution in [-0.4, -0.2) is 17.1 Å². The van der Waals surface area contributed by atoms with Gasteiger partial charge in [0.05, 0.1) is 6.61 Å². The van der Waals surface area contributed by atoms with Gasteiger partial charge in [0, 0.05) is 23.9 Å². The normalized spacial score (nSPS) is 10.5. The molecule has 0 atom stereocenters. The highest BCUT2D eigenvalue weighted by atomic mass is 16.5. The van der Waals surface area contributed by atoms with Gasteiger partial charge < -0.3 is 10.2 Å². The van der Waals surface area contributed by atoms with Gasteiger partial charge >= 0.3 is 0 Å². The maximum absolute atomic E-state index is 5.47. The Hall–Kier alpha value is -1.98. The zero-order valence-electron chi connectivity index (χ0n) is 11.4. The van der Waals surface area contributed by atoms with Gasteiger partial charge in [-0.05, 0) is 19.4 Å². The van der Waals surface area contributed by atoms with E-state index in [1.807, 2.05) is 38.1 Å². The molecule has 0 saturated heterocycles. The Kier molecular flexibility index (Phi) is 4.09. The number of nitrogen functional groups attached to an aromatic ring is 1. The first kappa shape index (κ1) is 13.5. The molecule has 0 unspecified atom stereocenters. The molecule has 1 heterocycles. The first-order valence-electron chi connectivity index (χ1n) is 6.05. The predicted octanol–water partition coefficient (Wildman–Crippen LogP) is 2.19. The number of nitrogens with two attached hydrogens (primary N) is 1. The molecule has 0 aliphatic heterocycles. The van der Waals surface area contributed by atoms with Gasteiger partial charge in [0.1, 0.15) is 5.82 Å². The van der Waals surface area contributed by atoms with Crippen LogP contribution in [0.25, 0.3) is 11.4 Å². The van der Waals surface area contributed by atoms with Crippen LogP contribution in [0.3, 0.4) is 0 Å². The number of methoxy groups -OCH3 is 1. The van der Waals surface area contributed by atoms with Crippen molar-refractivity contribution >= 4 is 5.82 Å². The number of nitrogens with zero attached hydrogens (tertiary/aromatic N) is 2. The Labute approximate surface area is 112 Å². The van der Waals surface area contributed by atoms with Crippen LogP contribution in [-0.2, 0) is 11.3 Å². The van der Waals surface area contributed by atoms with Gasteiger partial charge in [-0.15, -0.1) is 0 Å². The lowest BCUT2D eigenvalue weighted by molar-refractivity contribution is 0.185. The van der Waals surface area contributed by atoms with E-state index in [9.17, 15) is 0 Å². The molecule has 2 aromatic rings. The Morgan fingerprint density at radius 3 is 2.42 bits per heavy atom. The smallest absolute Gasteiger partial charge is 0.161 e. The predicted molar refractivity (Wildman–Crippen MR) is 75.5 cm³/mol. The summed E-state index contributed by atoms with van der Waals surface area (Å²) in [4.78, 5) is 8.91. The number of benzene rings is 1. The third kappa shape index (κ3) is 2.89. The van der Waals surface area contributed by atoms with Crippen molar-refractivity contribution in [3.05, 3.63) is 41.1 Å². The van der Waals surface area contributed by atoms with Gasteiger partial charge in [-0.2, -0.15) is 0 Å². The first-order chi connectivity index (χ1) is 9.15. The minimum Gasteiger partial charge on any atom is -0.380 e. The maximum atomic E-state index is 5.47. The van der Waals surface area contributed by atoms with Gasteiger partial charge in [-0.25, -0.2) is 15.8 Å². The lowest BCUT2D eigenvalue weighted by atomic mass is 10.1. The summed E-state index contributed by atoms with van der Waals surface area (Å²) >= 11 is 0. The third-order valence-corrected chi connectivity index (χ3v) is 3.05. The van der Waals surface area contributed by atoms with E-state index in [0.29, 0.717) is 18.2 Å². The van der Waals surface area contributed by atoms with Gasteiger partial charge in [0.25, 0.3) is 0 Å². The lowest BCUT2D eigenvalue weighted by Crippen LogP contribution is -2.12. The molecule has 1 aromatic carbocycles. The lowest BCUT2D eigenvalue weighted by Gasteiger charge is -2.09. The highest BCUT2D eigenvalue weighted by molar-refractivity contribution is 5.59. The van der Waals surface area contributed by atoms with Crippen molar-refractivity contribution in [3.8, 4) is 11.4 Å². The fourth-order valence-electron chi connectivity index (χ4n) is 1.82. The summed E-state index contributed by atoms with van der Waals surface area (Å²) in [6.07, 6.45) is 0. The van der Waals surface area contributed by atoms with Crippen LogP contribution in [0.4, 0.5) is 5.82 Å². The van der Waals surface area contributed by atoms with E-state index >= 15 is 0 Å². The molecule has 19 heavy (non-hydrogen) atoms. The van der Waals surface area contributed by atoms with Crippen LogP contribution in [0, 0.1) is 13.8 Å². The number of anilines is 1. The second-order valence-electron chi connectivity index (χ2n) is 4.38. The maximum Gasteiger partial charge on any atom is 0.161 e. The molecule has 0 saturated carbocycles. The molecule has 5 nitrogen and oxygen atoms in total. The van der Waals surface area contributed by atoms with Crippen molar-refractivity contribution < 1.29 is 4.74 Å². The van der Waals surface area contributed by atoms with E-state index in [1.54, 1.807) is 7.11 Å². The van der Waals surface area contributed by atoms with E-state index in [2.05, 4.69) is 15.4 Å². The van der Waals surface area contributed by atoms with Gasteiger partial charge in [-0.3, -0.25) is 0 Å². The molecule has 0 fully saturated rings. The fourth-order valence-corrected chi connectivity index (χ4v) is 1.82. The van der Waals surface area contributed by atoms with E-state index in [1.165, 1.54) is 0 Å². The standard InChI is InChI=1S/C14H18N4O/c1-9-10(2)16-14(17-13(9)18-15)12-6-4-11(5-7-12)8-19-3/h4-7H,8,15H2,1-3H3,(H,16,17,18). The number of hydrogen-bond acceptors (Lipinski definition) is 5. The van der Waals surface area contributed by atoms with Crippen LogP contribution < -0.4 is 11.3 Å². The first-order valence-corrected chi connectivity index (χ1v) is 6.05. The molecule has 1 aromatic heterocycles. The van der Waals surface area contributed by atoms with Crippen LogP contribution >= 0.6 is 0 Å². The highest BCUT2D eigenvalue weighted by Gasteiger charge is 2.08. The molecule has 3 N–H and O–H groups in total. The molecule has 0 aliphatic rings. The fraction of sp³-hybridized carbons (Fsp3) is 0.286. The number of aromatic nitrogens is 2. The van der Waals surface area contributed by atoms with Crippen LogP contribution in [0.5, 0.6) is 0 Å². The average molecular weight is 258 g/mol. The number of hydrazine groups is 1. The molecule has 0 spiro atoms. The quantitative estimate of drug-likeness (QED) is 0.649. The minimum atomic E-state index is 0.601. The summed E-state index contributed by atoms with van der Waals surface area (Å²) in [5.41, 5.74) is 6.56. The molecule has 0 radical (unpaired) electrons. The Bertz CT molecular complexity index is 566. The van der Waals surface area contributed by atoms with E-state index in [-0.39, 0.29) is 0 Å². The van der Waals surface area contributed by atoms with Gasteiger partial charge in [0.15, 0.2) is 5.82 Å². The van der Waals surface area contributed by atoms with E-state index in [4.69, 9.17) is 10.6 Å². The van der Waals surface area contributed by atoms with Crippen molar-refractivity contribution in [1.29, 1.82) is 0 Å². The topological polar surface area (TPSA) is 73.1 Å². The Morgan fingerprint density at radius 2 is 1.84 bits per heavy atom. The van der Waals surface area contributed by atoms with Crippen molar-refractivity contribution in [2.75, 3.05) is 12.5 Å². The van der Waals surface area contributed by atoms with E-state index in [0.717, 1.165) is 22.4 Å². The molecule has 5 heteroatoms. The number of hydrogen-bond donors (Lipinski definition) is 2. The van der Waals surface area contributed by atoms with E-state index < -0.39 is 0 Å². The number of nitrogens with one attached hydrogen (secondary N) is 1. The molecular formula is C14H18N4O. The molecule has 0 aliphatic carbocycles. The van der Waals surface area contributed by atoms with Crippen molar-refractivity contribution in [2.45, 2.75) is 20.5 Å². The summed E-state index contributed by atoms with van der Waals surface area (Å²) in [5.74, 6) is 6.80. The SMILES string of the molecule is COCc1ccc(-c2nc(C)c(C)c(NN)n2)cc1. The van der Waals surface area contributed by atoms with Crippen molar-refractivity contribution in [3.63, 3.8) is 0 Å². The van der Waals surface area contributed by atoms with Crippen LogP contribution in [0.1, 0.15) is 16.8 Å². The van der Waals surface area contributed by atoms with Crippen molar-refractivity contribution in [1.82, 2.24) is 9.97 Å². The molecule has 0 amide bonds. The summed E-state index contributed by atoms with van der Waals surface area (Å²) in [6.45, 7) is 4.49. The molecule has 100 valence electrons. The summed E-state index contributed by atoms with van der Waals surface area (Å²) < 4.78 is 5.09. The molecule has 0 bridgehead atoms. The molecule has 2 rings (SSSR count). The second-order valence-corrected chi connectivity index (χ2v) is 4.38. The zero-order valence-corrected chi connectivity index (χ0v) is 11.4. The average Bonchev–Trinajstić information content (AvgIpc) is 2.43. The summed E-state index contributed by atoms with van der Waals surface area (Å²) in [6, 6.07) is 7.98. The second kappa shape index (κ2) is 5.77. The zero-order chi connectivity index (χ0) is 13.8.